The maximum atomic E-state index is 5.83. The van der Waals surface area contributed by atoms with Gasteiger partial charge in [0, 0.05) is 19.0 Å². The van der Waals surface area contributed by atoms with Crippen LogP contribution in [-0.4, -0.2) is 17.2 Å². The van der Waals surface area contributed by atoms with E-state index in [2.05, 4.69) is 24.3 Å². The Bertz CT molecular complexity index is 361. The number of nitrogens with two attached hydrogens (primary N) is 1. The molecule has 88 valence electrons. The summed E-state index contributed by atoms with van der Waals surface area (Å²) in [6.07, 6.45) is 5.78. The highest BCUT2D eigenvalue weighted by Gasteiger charge is 2.39. The predicted molar refractivity (Wildman–Crippen MR) is 62.6 cm³/mol. The van der Waals surface area contributed by atoms with E-state index in [1.807, 2.05) is 12.3 Å². The molecule has 0 aliphatic carbocycles. The van der Waals surface area contributed by atoms with Crippen LogP contribution in [0.1, 0.15) is 36.9 Å². The van der Waals surface area contributed by atoms with Crippen LogP contribution in [0.15, 0.2) is 18.5 Å². The first-order valence-corrected chi connectivity index (χ1v) is 5.68. The summed E-state index contributed by atoms with van der Waals surface area (Å²) in [4.78, 5) is 4.17. The van der Waals surface area contributed by atoms with Crippen LogP contribution in [0, 0.1) is 6.92 Å². The highest BCUT2D eigenvalue weighted by atomic mass is 16.5. The Kier molecular flexibility index (Phi) is 3.23. The fourth-order valence-electron chi connectivity index (χ4n) is 2.40. The van der Waals surface area contributed by atoms with Gasteiger partial charge in [0.2, 0.25) is 0 Å². The van der Waals surface area contributed by atoms with Gasteiger partial charge in [0.1, 0.15) is 0 Å². The molecule has 0 amide bonds. The summed E-state index contributed by atoms with van der Waals surface area (Å²) in [5, 5.41) is 0. The highest BCUT2D eigenvalue weighted by Crippen LogP contribution is 2.37. The Labute approximate surface area is 96.2 Å². The molecular formula is C12H19N3O. The monoisotopic (exact) mass is 221 g/mol. The van der Waals surface area contributed by atoms with Gasteiger partial charge in [-0.2, -0.15) is 0 Å². The lowest BCUT2D eigenvalue weighted by Gasteiger charge is -2.33. The zero-order chi connectivity index (χ0) is 11.6. The summed E-state index contributed by atoms with van der Waals surface area (Å²) < 4.78 is 5.83. The Hall–Kier alpha value is -0.970. The number of hydrazine groups is 1. The highest BCUT2D eigenvalue weighted by molar-refractivity contribution is 5.27. The predicted octanol–water partition coefficient (Wildman–Crippen LogP) is 1.46. The number of aryl methyl sites for hydroxylation is 1. The van der Waals surface area contributed by atoms with E-state index < -0.39 is 0 Å². The zero-order valence-electron chi connectivity index (χ0n) is 9.86. The molecule has 3 N–H and O–H groups in total. The van der Waals surface area contributed by atoms with Crippen molar-refractivity contribution in [3.05, 3.63) is 29.6 Å². The van der Waals surface area contributed by atoms with Crippen LogP contribution in [0.5, 0.6) is 0 Å². The number of hydrogen-bond acceptors (Lipinski definition) is 4. The number of nitrogens with zero attached hydrogens (tertiary/aromatic N) is 1. The number of rotatable bonds is 3. The molecule has 2 unspecified atom stereocenters. The fourth-order valence-corrected chi connectivity index (χ4v) is 2.40. The van der Waals surface area contributed by atoms with Crippen LogP contribution < -0.4 is 11.3 Å². The number of hydrogen-bond donors (Lipinski definition) is 2. The van der Waals surface area contributed by atoms with Crippen molar-refractivity contribution in [2.75, 3.05) is 6.61 Å². The lowest BCUT2D eigenvalue weighted by molar-refractivity contribution is -0.0128. The van der Waals surface area contributed by atoms with Gasteiger partial charge in [0.15, 0.2) is 0 Å². The second kappa shape index (κ2) is 4.49. The molecule has 4 heteroatoms. The van der Waals surface area contributed by atoms with Gasteiger partial charge in [-0.05, 0) is 43.9 Å². The largest absolute Gasteiger partial charge is 0.373 e. The van der Waals surface area contributed by atoms with Crippen molar-refractivity contribution in [2.45, 2.75) is 38.3 Å². The first-order chi connectivity index (χ1) is 7.67. The summed E-state index contributed by atoms with van der Waals surface area (Å²) in [6, 6.07) is 2.00. The van der Waals surface area contributed by atoms with Crippen LogP contribution >= 0.6 is 0 Å². The third-order valence-electron chi connectivity index (χ3n) is 3.42. The van der Waals surface area contributed by atoms with E-state index >= 15 is 0 Å². The molecule has 16 heavy (non-hydrogen) atoms. The van der Waals surface area contributed by atoms with E-state index in [1.165, 1.54) is 5.56 Å². The molecule has 0 aromatic carbocycles. The third kappa shape index (κ3) is 1.96. The molecule has 4 nitrogen and oxygen atoms in total. The summed E-state index contributed by atoms with van der Waals surface area (Å²) in [5.74, 6) is 5.68. The summed E-state index contributed by atoms with van der Waals surface area (Å²) in [6.45, 7) is 4.99. The minimum Gasteiger partial charge on any atom is -0.373 e. The van der Waals surface area contributed by atoms with Gasteiger partial charge in [-0.15, -0.1) is 0 Å². The summed E-state index contributed by atoms with van der Waals surface area (Å²) in [5.41, 5.74) is 4.97. The van der Waals surface area contributed by atoms with Crippen molar-refractivity contribution in [1.82, 2.24) is 10.4 Å². The van der Waals surface area contributed by atoms with Gasteiger partial charge in [-0.3, -0.25) is 16.3 Å². The second-order valence-electron chi connectivity index (χ2n) is 4.60. The van der Waals surface area contributed by atoms with Gasteiger partial charge in [0.25, 0.3) is 0 Å². The van der Waals surface area contributed by atoms with Crippen molar-refractivity contribution in [3.8, 4) is 0 Å². The molecule has 2 atom stereocenters. The second-order valence-corrected chi connectivity index (χ2v) is 4.60. The average Bonchev–Trinajstić information content (AvgIpc) is 2.70. The number of aromatic nitrogens is 1. The molecule has 0 spiro atoms. The maximum absolute atomic E-state index is 5.83. The third-order valence-corrected chi connectivity index (χ3v) is 3.42. The number of nitrogens with one attached hydrogen (secondary N) is 1. The van der Waals surface area contributed by atoms with Gasteiger partial charge >= 0.3 is 0 Å². The molecule has 1 saturated heterocycles. The lowest BCUT2D eigenvalue weighted by atomic mass is 9.87. The molecule has 1 aliphatic heterocycles. The van der Waals surface area contributed by atoms with E-state index in [4.69, 9.17) is 10.6 Å². The van der Waals surface area contributed by atoms with Crippen molar-refractivity contribution in [1.29, 1.82) is 0 Å². The van der Waals surface area contributed by atoms with Crippen molar-refractivity contribution in [3.63, 3.8) is 0 Å². The number of ether oxygens (including phenoxy) is 1. The Morgan fingerprint density at radius 2 is 2.44 bits per heavy atom. The topological polar surface area (TPSA) is 60.2 Å². The van der Waals surface area contributed by atoms with E-state index in [9.17, 15) is 0 Å². The molecule has 2 rings (SSSR count). The molecule has 0 saturated carbocycles. The molecule has 1 aromatic heterocycles. The zero-order valence-corrected chi connectivity index (χ0v) is 9.86. The first kappa shape index (κ1) is 11.5. The summed E-state index contributed by atoms with van der Waals surface area (Å²) in [7, 11) is 0. The molecule has 0 bridgehead atoms. The van der Waals surface area contributed by atoms with Gasteiger partial charge in [-0.1, -0.05) is 0 Å². The van der Waals surface area contributed by atoms with Crippen LogP contribution in [0.4, 0.5) is 0 Å². The van der Waals surface area contributed by atoms with E-state index in [0.29, 0.717) is 0 Å². The minimum absolute atomic E-state index is 0.00343. The maximum Gasteiger partial charge on any atom is 0.0862 e. The molecule has 0 radical (unpaired) electrons. The average molecular weight is 221 g/mol. The summed E-state index contributed by atoms with van der Waals surface area (Å²) >= 11 is 0. The molecule has 2 heterocycles. The van der Waals surface area contributed by atoms with Crippen molar-refractivity contribution < 1.29 is 4.74 Å². The number of pyridine rings is 1. The molecule has 1 fully saturated rings. The molecular weight excluding hydrogens is 202 g/mol. The van der Waals surface area contributed by atoms with Gasteiger partial charge in [0.05, 0.1) is 11.6 Å². The standard InChI is InChI=1S/C12H19N3O/c1-9-4-6-14-8-10(9)11(15-13)12(2)5-3-7-16-12/h4,6,8,11,15H,3,5,7,13H2,1-2H3. The van der Waals surface area contributed by atoms with Crippen LogP contribution in [0.2, 0.25) is 0 Å². The fraction of sp³-hybridized carbons (Fsp3) is 0.583. The van der Waals surface area contributed by atoms with Gasteiger partial charge in [-0.25, -0.2) is 0 Å². The van der Waals surface area contributed by atoms with Crippen LogP contribution in [0.25, 0.3) is 0 Å². The molecule has 1 aromatic rings. The van der Waals surface area contributed by atoms with E-state index in [1.54, 1.807) is 6.20 Å². The Morgan fingerprint density at radius 1 is 1.62 bits per heavy atom. The Morgan fingerprint density at radius 3 is 3.00 bits per heavy atom. The van der Waals surface area contributed by atoms with Crippen molar-refractivity contribution >= 4 is 0 Å². The van der Waals surface area contributed by atoms with Gasteiger partial charge < -0.3 is 4.74 Å². The van der Waals surface area contributed by atoms with Crippen LogP contribution in [-0.2, 0) is 4.74 Å². The Balaban J connectivity index is 2.32. The minimum atomic E-state index is -0.220. The van der Waals surface area contributed by atoms with E-state index in [0.717, 1.165) is 25.0 Å². The normalized spacial score (nSPS) is 26.9. The van der Waals surface area contributed by atoms with Crippen molar-refractivity contribution in [2.24, 2.45) is 5.84 Å². The SMILES string of the molecule is Cc1ccncc1C(NN)C1(C)CCCO1. The van der Waals surface area contributed by atoms with E-state index in [-0.39, 0.29) is 11.6 Å². The first-order valence-electron chi connectivity index (χ1n) is 5.68. The lowest BCUT2D eigenvalue weighted by Crippen LogP contribution is -2.44. The smallest absolute Gasteiger partial charge is 0.0862 e. The van der Waals surface area contributed by atoms with Crippen LogP contribution in [0.3, 0.4) is 0 Å². The molecule has 1 aliphatic rings. The quantitative estimate of drug-likeness (QED) is 0.599.